The van der Waals surface area contributed by atoms with Crippen LogP contribution in [0, 0.1) is 5.82 Å². The van der Waals surface area contributed by atoms with Crippen LogP contribution >= 0.6 is 11.6 Å². The highest BCUT2D eigenvalue weighted by molar-refractivity contribution is 6.31. The van der Waals surface area contributed by atoms with Gasteiger partial charge >= 0.3 is 6.18 Å². The molecule has 2 aromatic carbocycles. The molecule has 178 valence electrons. The largest absolute Gasteiger partial charge is 0.412 e. The van der Waals surface area contributed by atoms with Crippen LogP contribution < -0.4 is 10.6 Å². The van der Waals surface area contributed by atoms with Gasteiger partial charge in [-0.25, -0.2) is 4.39 Å². The maximum atomic E-state index is 13.7. The van der Waals surface area contributed by atoms with E-state index in [1.165, 1.54) is 23.1 Å². The minimum atomic E-state index is -4.97. The Morgan fingerprint density at radius 3 is 2.56 bits per heavy atom. The van der Waals surface area contributed by atoms with Gasteiger partial charge in [-0.3, -0.25) is 24.5 Å². The van der Waals surface area contributed by atoms with E-state index in [-0.39, 0.29) is 35.5 Å². The number of rotatable bonds is 4. The first-order chi connectivity index (χ1) is 16.0. The lowest BCUT2D eigenvalue weighted by Crippen LogP contribution is -2.52. The molecule has 0 bridgehead atoms. The Labute approximate surface area is 195 Å². The third-order valence-electron chi connectivity index (χ3n) is 5.66. The lowest BCUT2D eigenvalue weighted by molar-refractivity contribution is -0.155. The second-order valence-electron chi connectivity index (χ2n) is 7.89. The first-order valence-electron chi connectivity index (χ1n) is 10.1. The summed E-state index contributed by atoms with van der Waals surface area (Å²) >= 11 is 5.82. The van der Waals surface area contributed by atoms with Gasteiger partial charge < -0.3 is 10.2 Å². The van der Waals surface area contributed by atoms with Crippen molar-refractivity contribution in [3.8, 4) is 0 Å². The zero-order valence-electron chi connectivity index (χ0n) is 17.2. The maximum Gasteiger partial charge on any atom is 0.412 e. The summed E-state index contributed by atoms with van der Waals surface area (Å²) in [5.41, 5.74) is -0.280. The van der Waals surface area contributed by atoms with E-state index in [0.29, 0.717) is 11.6 Å². The summed E-state index contributed by atoms with van der Waals surface area (Å²) < 4.78 is 54.6. The number of piperidine rings is 1. The average molecular weight is 498 g/mol. The smallest absolute Gasteiger partial charge is 0.337 e. The number of alkyl halides is 3. The molecule has 12 heteroatoms. The SMILES string of the molecule is O=C1CCC(N2Cc3cc(C(=O)N[C@H](c4cc(F)ccc4Cl)C(F)(F)F)ccc3C2=O)C(=O)N1. The molecule has 2 heterocycles. The third-order valence-corrected chi connectivity index (χ3v) is 6.00. The second-order valence-corrected chi connectivity index (χ2v) is 8.29. The predicted molar refractivity (Wildman–Crippen MR) is 110 cm³/mol. The summed E-state index contributed by atoms with van der Waals surface area (Å²) in [6.45, 7) is -0.0556. The van der Waals surface area contributed by atoms with Crippen LogP contribution in [0.25, 0.3) is 0 Å². The van der Waals surface area contributed by atoms with Gasteiger partial charge in [0.1, 0.15) is 11.9 Å². The summed E-state index contributed by atoms with van der Waals surface area (Å²) in [4.78, 5) is 50.2. The highest BCUT2D eigenvalue weighted by Crippen LogP contribution is 2.37. The zero-order chi connectivity index (χ0) is 24.8. The highest BCUT2D eigenvalue weighted by Gasteiger charge is 2.44. The minimum absolute atomic E-state index is 0.0556. The predicted octanol–water partition coefficient (Wildman–Crippen LogP) is 3.27. The maximum absolute atomic E-state index is 13.7. The van der Waals surface area contributed by atoms with E-state index in [1.807, 2.05) is 5.32 Å². The van der Waals surface area contributed by atoms with Crippen LogP contribution in [0.3, 0.4) is 0 Å². The van der Waals surface area contributed by atoms with Crippen LogP contribution in [0.15, 0.2) is 36.4 Å². The fraction of sp³-hybridized carbons (Fsp3) is 0.273. The molecule has 0 saturated carbocycles. The van der Waals surface area contributed by atoms with E-state index in [9.17, 15) is 36.7 Å². The van der Waals surface area contributed by atoms with Crippen LogP contribution in [-0.2, 0) is 16.1 Å². The average Bonchev–Trinajstić information content (AvgIpc) is 3.08. The number of imide groups is 1. The van der Waals surface area contributed by atoms with Gasteiger partial charge in [0.2, 0.25) is 11.8 Å². The van der Waals surface area contributed by atoms with Crippen molar-refractivity contribution in [2.75, 3.05) is 0 Å². The molecule has 1 unspecified atom stereocenters. The third kappa shape index (κ3) is 4.47. The Kier molecular flexibility index (Phi) is 6.07. The molecule has 2 atom stereocenters. The summed E-state index contributed by atoms with van der Waals surface area (Å²) in [6, 6.07) is 2.73. The molecule has 1 fully saturated rings. The molecular weight excluding hydrogens is 482 g/mol. The van der Waals surface area contributed by atoms with E-state index in [2.05, 4.69) is 5.32 Å². The van der Waals surface area contributed by atoms with Crippen molar-refractivity contribution in [2.24, 2.45) is 0 Å². The van der Waals surface area contributed by atoms with Gasteiger partial charge in [-0.1, -0.05) is 11.6 Å². The Hall–Kier alpha value is -3.47. The molecule has 2 aliphatic heterocycles. The molecule has 4 amide bonds. The molecule has 7 nitrogen and oxygen atoms in total. The summed E-state index contributed by atoms with van der Waals surface area (Å²) in [5.74, 6) is -3.61. The zero-order valence-corrected chi connectivity index (χ0v) is 18.0. The highest BCUT2D eigenvalue weighted by atomic mass is 35.5. The number of hydrogen-bond donors (Lipinski definition) is 2. The molecule has 0 spiro atoms. The monoisotopic (exact) mass is 497 g/mol. The summed E-state index contributed by atoms with van der Waals surface area (Å²) in [5, 5.41) is 3.62. The topological polar surface area (TPSA) is 95.6 Å². The van der Waals surface area contributed by atoms with E-state index in [4.69, 9.17) is 11.6 Å². The fourth-order valence-corrected chi connectivity index (χ4v) is 4.23. The van der Waals surface area contributed by atoms with Gasteiger partial charge in [0.25, 0.3) is 11.8 Å². The van der Waals surface area contributed by atoms with Crippen LogP contribution in [-0.4, -0.2) is 40.7 Å². The molecule has 0 aliphatic carbocycles. The van der Waals surface area contributed by atoms with E-state index in [0.717, 1.165) is 12.1 Å². The van der Waals surface area contributed by atoms with Crippen molar-refractivity contribution in [1.29, 1.82) is 0 Å². The first-order valence-corrected chi connectivity index (χ1v) is 10.4. The normalized spacial score (nSPS) is 19.0. The molecule has 1 saturated heterocycles. The second kappa shape index (κ2) is 8.71. The van der Waals surface area contributed by atoms with Crippen LogP contribution in [0.4, 0.5) is 17.6 Å². The number of nitrogens with zero attached hydrogens (tertiary/aromatic N) is 1. The fourth-order valence-electron chi connectivity index (χ4n) is 4.00. The Bertz CT molecular complexity index is 1220. The van der Waals surface area contributed by atoms with E-state index < -0.39 is 53.3 Å². The van der Waals surface area contributed by atoms with Gasteiger partial charge in [-0.05, 0) is 48.4 Å². The van der Waals surface area contributed by atoms with Gasteiger partial charge in [0.15, 0.2) is 6.04 Å². The Morgan fingerprint density at radius 2 is 1.88 bits per heavy atom. The number of nitrogens with one attached hydrogen (secondary N) is 2. The molecule has 2 aliphatic rings. The number of benzene rings is 2. The molecule has 2 N–H and O–H groups in total. The lowest BCUT2D eigenvalue weighted by Gasteiger charge is -2.29. The van der Waals surface area contributed by atoms with E-state index in [1.54, 1.807) is 0 Å². The van der Waals surface area contributed by atoms with Crippen molar-refractivity contribution in [3.05, 3.63) is 69.5 Å². The Balaban J connectivity index is 1.57. The Morgan fingerprint density at radius 1 is 1.15 bits per heavy atom. The van der Waals surface area contributed by atoms with Crippen molar-refractivity contribution in [1.82, 2.24) is 15.5 Å². The molecule has 34 heavy (non-hydrogen) atoms. The minimum Gasteiger partial charge on any atom is -0.337 e. The van der Waals surface area contributed by atoms with Gasteiger partial charge in [-0.2, -0.15) is 13.2 Å². The standard InChI is InChI=1S/C22H16ClF4N3O4/c23-15-4-2-12(24)8-14(15)18(22(25,26)27)29-19(32)10-1-3-13-11(7-10)9-30(21(13)34)16-5-6-17(31)28-20(16)33/h1-4,7-8,16,18H,5-6,9H2,(H,29,32)(H,28,31,33)/t16?,18-/m1/s1. The number of halogens is 5. The number of carbonyl (C=O) groups is 4. The molecule has 4 rings (SSSR count). The van der Waals surface area contributed by atoms with Gasteiger partial charge in [0, 0.05) is 34.7 Å². The number of amides is 4. The van der Waals surface area contributed by atoms with Crippen LogP contribution in [0.2, 0.25) is 5.02 Å². The molecule has 0 radical (unpaired) electrons. The van der Waals surface area contributed by atoms with Gasteiger partial charge in [-0.15, -0.1) is 0 Å². The van der Waals surface area contributed by atoms with Crippen molar-refractivity contribution in [3.63, 3.8) is 0 Å². The van der Waals surface area contributed by atoms with Gasteiger partial charge in [0.05, 0.1) is 0 Å². The quantitative estimate of drug-likeness (QED) is 0.500. The lowest BCUT2D eigenvalue weighted by atomic mass is 10.0. The van der Waals surface area contributed by atoms with Crippen molar-refractivity contribution < 1.29 is 36.7 Å². The number of hydrogen-bond acceptors (Lipinski definition) is 4. The van der Waals surface area contributed by atoms with Crippen molar-refractivity contribution >= 4 is 35.2 Å². The molecular formula is C22H16ClF4N3O4. The van der Waals surface area contributed by atoms with Crippen LogP contribution in [0.5, 0.6) is 0 Å². The number of fused-ring (bicyclic) bond motifs is 1. The summed E-state index contributed by atoms with van der Waals surface area (Å²) in [6.07, 6.45) is -4.77. The summed E-state index contributed by atoms with van der Waals surface area (Å²) in [7, 11) is 0. The van der Waals surface area contributed by atoms with Crippen LogP contribution in [0.1, 0.15) is 50.7 Å². The van der Waals surface area contributed by atoms with E-state index >= 15 is 0 Å². The number of carbonyl (C=O) groups excluding carboxylic acids is 4. The first kappa shape index (κ1) is 23.7. The van der Waals surface area contributed by atoms with Crippen molar-refractivity contribution in [2.45, 2.75) is 37.6 Å². The molecule has 0 aromatic heterocycles. The molecule has 2 aromatic rings.